The molecule has 2 aliphatic heterocycles. The molecular weight excluding hydrogens is 671 g/mol. The number of benzene rings is 4. The van der Waals surface area contributed by atoms with E-state index in [1.54, 1.807) is 24.3 Å². The van der Waals surface area contributed by atoms with Gasteiger partial charge in [0, 0.05) is 85.8 Å². The second kappa shape index (κ2) is 16.3. The van der Waals surface area contributed by atoms with Gasteiger partial charge in [-0.1, -0.05) is 24.3 Å². The van der Waals surface area contributed by atoms with Crippen LogP contribution in [0.15, 0.2) is 97.1 Å². The number of anilines is 2. The van der Waals surface area contributed by atoms with Crippen LogP contribution in [0.4, 0.5) is 31.5 Å². The van der Waals surface area contributed by atoms with E-state index in [0.717, 1.165) is 97.2 Å². The zero-order valence-corrected chi connectivity index (χ0v) is 33.6. The van der Waals surface area contributed by atoms with Crippen molar-refractivity contribution in [3.63, 3.8) is 0 Å². The van der Waals surface area contributed by atoms with E-state index in [4.69, 9.17) is 0 Å². The minimum absolute atomic E-state index is 0.224. The van der Waals surface area contributed by atoms with Gasteiger partial charge in [0.15, 0.2) is 11.4 Å². The molecule has 4 aromatic rings. The summed E-state index contributed by atoms with van der Waals surface area (Å²) in [5.74, 6) is -0.447. The topological polar surface area (TPSA) is 12.5 Å². The van der Waals surface area contributed by atoms with Crippen LogP contribution < -0.4 is 9.80 Å². The highest BCUT2D eigenvalue weighted by Crippen LogP contribution is 2.42. The molecule has 0 unspecified atom stereocenters. The highest BCUT2D eigenvalue weighted by Gasteiger charge is 2.46. The van der Waals surface area contributed by atoms with Crippen molar-refractivity contribution in [3.05, 3.63) is 131 Å². The molecule has 282 valence electrons. The third kappa shape index (κ3) is 7.71. The summed E-state index contributed by atoms with van der Waals surface area (Å²) in [6.45, 7) is 23.0. The summed E-state index contributed by atoms with van der Waals surface area (Å²) in [6.07, 6.45) is 10.6. The summed E-state index contributed by atoms with van der Waals surface area (Å²) in [5, 5.41) is 0. The average molecular weight is 729 g/mol. The number of halogens is 2. The summed E-state index contributed by atoms with van der Waals surface area (Å²) >= 11 is 0. The highest BCUT2D eigenvalue weighted by molar-refractivity contribution is 6.06. The predicted molar refractivity (Wildman–Crippen MR) is 226 cm³/mol. The molecule has 6 heteroatoms. The van der Waals surface area contributed by atoms with Crippen LogP contribution in [0.25, 0.3) is 12.2 Å². The molecule has 0 radical (unpaired) electrons. The van der Waals surface area contributed by atoms with Gasteiger partial charge < -0.3 is 9.80 Å². The number of fused-ring (bicyclic) bond motifs is 2. The third-order valence-electron chi connectivity index (χ3n) is 11.6. The van der Waals surface area contributed by atoms with E-state index >= 15 is 0 Å². The van der Waals surface area contributed by atoms with Gasteiger partial charge in [-0.05, 0) is 127 Å². The van der Waals surface area contributed by atoms with Gasteiger partial charge in [-0.15, -0.1) is 0 Å². The van der Waals surface area contributed by atoms with Crippen LogP contribution in [0, 0.1) is 11.6 Å². The Morgan fingerprint density at radius 2 is 0.852 bits per heavy atom. The maximum atomic E-state index is 14.8. The van der Waals surface area contributed by atoms with Crippen LogP contribution in [0.5, 0.6) is 0 Å². The lowest BCUT2D eigenvalue weighted by Gasteiger charge is -2.20. The van der Waals surface area contributed by atoms with E-state index in [-0.39, 0.29) is 22.5 Å². The number of nitrogens with zero attached hydrogens (tertiary/aromatic N) is 4. The fourth-order valence-electron chi connectivity index (χ4n) is 8.46. The molecule has 0 bridgehead atoms. The van der Waals surface area contributed by atoms with Crippen molar-refractivity contribution in [2.24, 2.45) is 0 Å². The third-order valence-corrected chi connectivity index (χ3v) is 11.6. The van der Waals surface area contributed by atoms with Gasteiger partial charge in [-0.25, -0.2) is 8.78 Å². The van der Waals surface area contributed by atoms with E-state index in [9.17, 15) is 8.78 Å². The van der Waals surface area contributed by atoms with E-state index in [1.165, 1.54) is 11.4 Å². The van der Waals surface area contributed by atoms with Gasteiger partial charge in [0.25, 0.3) is 0 Å². The average Bonchev–Trinajstić information content (AvgIpc) is 3.50. The first-order chi connectivity index (χ1) is 25.9. The molecular formula is C48H58F2N4+2. The second-order valence-corrected chi connectivity index (χ2v) is 15.5. The molecule has 0 fully saturated rings. The largest absolute Gasteiger partial charge is 0.372 e. The molecule has 0 spiro atoms. The van der Waals surface area contributed by atoms with Crippen LogP contribution in [0.1, 0.15) is 90.5 Å². The van der Waals surface area contributed by atoms with Gasteiger partial charge in [0.1, 0.15) is 24.7 Å². The Labute approximate surface area is 322 Å². The lowest BCUT2D eigenvalue weighted by atomic mass is 9.81. The van der Waals surface area contributed by atoms with Crippen LogP contribution in [0.2, 0.25) is 0 Å². The monoisotopic (exact) mass is 728 g/mol. The lowest BCUT2D eigenvalue weighted by Crippen LogP contribution is -2.28. The molecule has 0 aliphatic carbocycles. The van der Waals surface area contributed by atoms with E-state index in [2.05, 4.69) is 147 Å². The Balaban J connectivity index is 1.27. The van der Waals surface area contributed by atoms with Crippen LogP contribution in [-0.4, -0.2) is 59.8 Å². The SMILES string of the molecule is CCN(CC)c1ccc(C=CC2=[N+](CCCC[N+]3=C(C=Cc4ccc(N(CC)CC)cc4)C(C)(C)c4ccc(F)cc43)c3cc(F)ccc3C2(C)C)cc1. The number of allylic oxidation sites excluding steroid dienone is 2. The number of rotatable bonds is 15. The Hall–Kier alpha value is -4.84. The Morgan fingerprint density at radius 1 is 0.500 bits per heavy atom. The number of hydrogen-bond donors (Lipinski definition) is 0. The summed E-state index contributed by atoms with van der Waals surface area (Å²) < 4.78 is 34.2. The van der Waals surface area contributed by atoms with E-state index in [0.29, 0.717) is 0 Å². The van der Waals surface area contributed by atoms with E-state index < -0.39 is 0 Å². The van der Waals surface area contributed by atoms with Gasteiger partial charge >= 0.3 is 0 Å². The van der Waals surface area contributed by atoms with Crippen molar-refractivity contribution >= 4 is 46.3 Å². The first-order valence-electron chi connectivity index (χ1n) is 19.9. The van der Waals surface area contributed by atoms with Crippen LogP contribution >= 0.6 is 0 Å². The van der Waals surface area contributed by atoms with Crippen molar-refractivity contribution in [2.75, 3.05) is 49.1 Å². The highest BCUT2D eigenvalue weighted by atomic mass is 19.1. The minimum atomic E-state index is -0.286. The van der Waals surface area contributed by atoms with Crippen molar-refractivity contribution < 1.29 is 17.9 Å². The Kier molecular flexibility index (Phi) is 11.7. The molecule has 2 aliphatic rings. The zero-order chi connectivity index (χ0) is 38.6. The standard InChI is InChI=1S/C48H58F2N4/c1-9-51(10-2)39-23-15-35(16-24-39)19-29-45-47(5,6)41-27-21-37(49)33-43(41)53(45)31-13-14-32-54-44-34-38(50)22-28-42(44)48(7,8)46(54)30-20-36-17-25-40(26-18-36)52(11-3)12-4/h15-30,33-34H,9-14,31-32H2,1-8H3/q+2. The Morgan fingerprint density at radius 3 is 1.19 bits per heavy atom. The van der Waals surface area contributed by atoms with Crippen LogP contribution in [-0.2, 0) is 10.8 Å². The fourth-order valence-corrected chi connectivity index (χ4v) is 8.46. The molecule has 0 amide bonds. The van der Waals surface area contributed by atoms with Gasteiger partial charge in [0.05, 0.1) is 10.8 Å². The molecule has 0 N–H and O–H groups in total. The molecule has 54 heavy (non-hydrogen) atoms. The van der Waals surface area contributed by atoms with Gasteiger partial charge in [0.2, 0.25) is 11.4 Å². The molecule has 0 atom stereocenters. The molecule has 6 rings (SSSR count). The van der Waals surface area contributed by atoms with Crippen molar-refractivity contribution in [2.45, 2.75) is 79.1 Å². The summed E-state index contributed by atoms with van der Waals surface area (Å²) in [5.41, 5.74) is 10.6. The molecule has 0 saturated carbocycles. The summed E-state index contributed by atoms with van der Waals surface area (Å²) in [4.78, 5) is 4.69. The lowest BCUT2D eigenvalue weighted by molar-refractivity contribution is -0.451. The van der Waals surface area contributed by atoms with E-state index in [1.807, 2.05) is 12.1 Å². The van der Waals surface area contributed by atoms with Crippen molar-refractivity contribution in [3.8, 4) is 0 Å². The zero-order valence-electron chi connectivity index (χ0n) is 33.6. The molecule has 4 nitrogen and oxygen atoms in total. The predicted octanol–water partition coefficient (Wildman–Crippen LogP) is 11.3. The van der Waals surface area contributed by atoms with Gasteiger partial charge in [-0.3, -0.25) is 0 Å². The molecule has 0 saturated heterocycles. The summed E-state index contributed by atoms with van der Waals surface area (Å²) in [7, 11) is 0. The Bertz CT molecular complexity index is 1930. The van der Waals surface area contributed by atoms with Crippen molar-refractivity contribution in [1.82, 2.24) is 0 Å². The van der Waals surface area contributed by atoms with Crippen LogP contribution in [0.3, 0.4) is 0 Å². The smallest absolute Gasteiger partial charge is 0.212 e. The maximum Gasteiger partial charge on any atom is 0.212 e. The van der Waals surface area contributed by atoms with Gasteiger partial charge in [-0.2, -0.15) is 9.15 Å². The first-order valence-corrected chi connectivity index (χ1v) is 19.9. The summed E-state index contributed by atoms with van der Waals surface area (Å²) in [6, 6.07) is 27.8. The molecule has 4 aromatic carbocycles. The minimum Gasteiger partial charge on any atom is -0.372 e. The normalized spacial score (nSPS) is 15.8. The maximum absolute atomic E-state index is 14.8. The second-order valence-electron chi connectivity index (χ2n) is 15.5. The molecule has 0 aromatic heterocycles. The number of hydrogen-bond acceptors (Lipinski definition) is 2. The number of unbranched alkanes of at least 4 members (excludes halogenated alkanes) is 1. The quantitative estimate of drug-likeness (QED) is 0.0893. The first kappa shape index (κ1) is 38.9. The fraction of sp³-hybridized carbons (Fsp3) is 0.375. The molecule has 2 heterocycles. The van der Waals surface area contributed by atoms with Crippen molar-refractivity contribution in [1.29, 1.82) is 0 Å².